The predicted octanol–water partition coefficient (Wildman–Crippen LogP) is 7.08. The molecule has 3 aliphatic heterocycles. The van der Waals surface area contributed by atoms with E-state index in [1.807, 2.05) is 0 Å². The standard InChI is InChI=1S/C29H38N5OP/c1-29(2)22-26-28(27(23-29)32-16-10-5-11-17-32)36(33-18-20-35-21-19-33,31-24-12-6-3-7-13-24)34(30-26)25-14-8-4-9-15-25/h3-4,6-9,12-15H,5,10-11,16-23H2,1-2H3. The normalized spacial score (nSPS) is 26.6. The Morgan fingerprint density at radius 3 is 2.19 bits per heavy atom. The smallest absolute Gasteiger partial charge is 0.180 e. The van der Waals surface area contributed by atoms with E-state index < -0.39 is 7.36 Å². The molecule has 7 heteroatoms. The molecule has 0 aromatic heterocycles. The van der Waals surface area contributed by atoms with E-state index in [9.17, 15) is 0 Å². The molecular weight excluding hydrogens is 465 g/mol. The molecule has 1 atom stereocenters. The number of nitrogens with zero attached hydrogens (tertiary/aromatic N) is 5. The molecule has 2 saturated heterocycles. The molecule has 1 unspecified atom stereocenters. The topological polar surface area (TPSA) is 43.7 Å². The van der Waals surface area contributed by atoms with Crippen molar-refractivity contribution in [3.8, 4) is 0 Å². The van der Waals surface area contributed by atoms with E-state index >= 15 is 0 Å². The lowest BCUT2D eigenvalue weighted by Crippen LogP contribution is -2.40. The summed E-state index contributed by atoms with van der Waals surface area (Å²) in [6.07, 6.45) is 5.94. The van der Waals surface area contributed by atoms with Crippen LogP contribution >= 0.6 is 7.36 Å². The van der Waals surface area contributed by atoms with Crippen molar-refractivity contribution in [3.05, 3.63) is 71.7 Å². The Morgan fingerprint density at radius 2 is 1.50 bits per heavy atom. The van der Waals surface area contributed by atoms with Gasteiger partial charge in [-0.2, -0.15) is 5.10 Å². The van der Waals surface area contributed by atoms with E-state index in [4.69, 9.17) is 14.6 Å². The molecule has 1 aliphatic carbocycles. The van der Waals surface area contributed by atoms with Crippen molar-refractivity contribution in [3.63, 3.8) is 0 Å². The van der Waals surface area contributed by atoms with Crippen molar-refractivity contribution in [2.45, 2.75) is 46.0 Å². The minimum Gasteiger partial charge on any atom is -0.379 e. The molecule has 0 saturated carbocycles. The van der Waals surface area contributed by atoms with Gasteiger partial charge in [-0.05, 0) is 61.8 Å². The SMILES string of the molecule is CC1(C)CC2=NN(c3ccccc3)P(=Nc3ccccc3)(N3CCOCC3)C2=C(N2CCCCC2)C1. The molecule has 2 fully saturated rings. The first-order chi connectivity index (χ1) is 17.6. The molecule has 0 radical (unpaired) electrons. The molecule has 0 spiro atoms. The van der Waals surface area contributed by atoms with Crippen molar-refractivity contribution in [2.75, 3.05) is 44.2 Å². The van der Waals surface area contributed by atoms with E-state index in [2.05, 4.69) is 88.9 Å². The fraction of sp³-hybridized carbons (Fsp3) is 0.483. The van der Waals surface area contributed by atoms with E-state index in [-0.39, 0.29) is 5.41 Å². The number of hydrazone groups is 1. The molecule has 6 rings (SSSR count). The third-order valence-corrected chi connectivity index (χ3v) is 11.4. The number of ether oxygens (including phenoxy) is 1. The lowest BCUT2D eigenvalue weighted by molar-refractivity contribution is 0.0742. The Kier molecular flexibility index (Phi) is 6.53. The first kappa shape index (κ1) is 24.0. The van der Waals surface area contributed by atoms with Gasteiger partial charge in [0.2, 0.25) is 0 Å². The first-order valence-corrected chi connectivity index (χ1v) is 15.1. The molecule has 0 bridgehead atoms. The van der Waals surface area contributed by atoms with Crippen molar-refractivity contribution < 1.29 is 4.74 Å². The maximum absolute atomic E-state index is 5.86. The van der Waals surface area contributed by atoms with Gasteiger partial charge in [0.1, 0.15) is 0 Å². The number of fused-ring (bicyclic) bond motifs is 1. The lowest BCUT2D eigenvalue weighted by atomic mass is 9.78. The van der Waals surface area contributed by atoms with Crippen molar-refractivity contribution in [1.29, 1.82) is 0 Å². The summed E-state index contributed by atoms with van der Waals surface area (Å²) in [4.78, 5) is 2.69. The molecule has 6 nitrogen and oxygen atoms in total. The minimum atomic E-state index is -2.44. The lowest BCUT2D eigenvalue weighted by Gasteiger charge is -2.45. The second-order valence-electron chi connectivity index (χ2n) is 11.1. The van der Waals surface area contributed by atoms with Crippen molar-refractivity contribution in [1.82, 2.24) is 9.57 Å². The van der Waals surface area contributed by atoms with Crippen LogP contribution in [0.1, 0.15) is 46.0 Å². The summed E-state index contributed by atoms with van der Waals surface area (Å²) < 4.78 is 16.6. The van der Waals surface area contributed by atoms with Gasteiger partial charge >= 0.3 is 0 Å². The van der Waals surface area contributed by atoms with Crippen LogP contribution in [0.25, 0.3) is 0 Å². The largest absolute Gasteiger partial charge is 0.379 e. The summed E-state index contributed by atoms with van der Waals surface area (Å²) in [5.74, 6) is 0. The fourth-order valence-electron chi connectivity index (χ4n) is 6.11. The number of anilines is 1. The zero-order chi connectivity index (χ0) is 24.6. The van der Waals surface area contributed by atoms with Gasteiger partial charge in [-0.3, -0.25) is 0 Å². The highest BCUT2D eigenvalue weighted by molar-refractivity contribution is 7.71. The number of likely N-dealkylation sites (tertiary alicyclic amines) is 1. The fourth-order valence-corrected chi connectivity index (χ4v) is 10.0. The molecule has 36 heavy (non-hydrogen) atoms. The van der Waals surface area contributed by atoms with Gasteiger partial charge in [0.15, 0.2) is 7.36 Å². The first-order valence-electron chi connectivity index (χ1n) is 13.5. The number of hydrogen-bond donors (Lipinski definition) is 0. The van der Waals surface area contributed by atoms with Crippen LogP contribution in [0, 0.1) is 5.41 Å². The number of hydrogen-bond acceptors (Lipinski definition) is 4. The average molecular weight is 504 g/mol. The maximum atomic E-state index is 5.86. The van der Waals surface area contributed by atoms with Gasteiger partial charge in [-0.1, -0.05) is 50.2 Å². The number of rotatable bonds is 4. The summed E-state index contributed by atoms with van der Waals surface area (Å²) in [7, 11) is -2.44. The molecular formula is C29H38N5OP. The average Bonchev–Trinajstić information content (AvgIpc) is 3.24. The molecule has 2 aromatic rings. The van der Waals surface area contributed by atoms with Gasteiger partial charge in [-0.25, -0.2) is 14.2 Å². The number of allylic oxidation sites excluding steroid dienone is 2. The van der Waals surface area contributed by atoms with Crippen LogP contribution in [0.4, 0.5) is 11.4 Å². The quantitative estimate of drug-likeness (QED) is 0.419. The highest BCUT2D eigenvalue weighted by Crippen LogP contribution is 2.72. The van der Waals surface area contributed by atoms with Crippen LogP contribution in [-0.2, 0) is 4.74 Å². The number of benzene rings is 2. The number of piperidine rings is 1. The van der Waals surface area contributed by atoms with E-state index in [0.29, 0.717) is 0 Å². The minimum absolute atomic E-state index is 0.176. The van der Waals surface area contributed by atoms with Gasteiger partial charge in [0, 0.05) is 31.9 Å². The summed E-state index contributed by atoms with van der Waals surface area (Å²) in [5.41, 5.74) is 5.08. The monoisotopic (exact) mass is 503 g/mol. The zero-order valence-electron chi connectivity index (χ0n) is 21.6. The van der Waals surface area contributed by atoms with Crippen LogP contribution < -0.4 is 4.78 Å². The highest BCUT2D eigenvalue weighted by Gasteiger charge is 2.51. The maximum Gasteiger partial charge on any atom is 0.180 e. The predicted molar refractivity (Wildman–Crippen MR) is 150 cm³/mol. The van der Waals surface area contributed by atoms with Crippen molar-refractivity contribution in [2.24, 2.45) is 15.3 Å². The Balaban J connectivity index is 1.66. The zero-order valence-corrected chi connectivity index (χ0v) is 22.5. The van der Waals surface area contributed by atoms with Crippen LogP contribution in [0.15, 0.2) is 81.5 Å². The van der Waals surface area contributed by atoms with Gasteiger partial charge in [0.05, 0.1) is 35.6 Å². The van der Waals surface area contributed by atoms with Crippen molar-refractivity contribution >= 4 is 24.4 Å². The molecule has 190 valence electrons. The van der Waals surface area contributed by atoms with E-state index in [1.165, 1.54) is 36.0 Å². The second-order valence-corrected chi connectivity index (χ2v) is 13.8. The van der Waals surface area contributed by atoms with Gasteiger partial charge in [-0.15, -0.1) is 0 Å². The number of morpholine rings is 1. The van der Waals surface area contributed by atoms with Gasteiger partial charge in [0.25, 0.3) is 0 Å². The summed E-state index contributed by atoms with van der Waals surface area (Å²) in [6.45, 7) is 10.3. The molecule has 0 N–H and O–H groups in total. The Hall–Kier alpha value is -2.40. The molecule has 3 heterocycles. The number of para-hydroxylation sites is 1. The Bertz CT molecular complexity index is 1190. The third-order valence-electron chi connectivity index (χ3n) is 7.74. The Labute approximate surface area is 215 Å². The van der Waals surface area contributed by atoms with Gasteiger partial charge < -0.3 is 9.64 Å². The second kappa shape index (κ2) is 9.81. The molecule has 2 aromatic carbocycles. The molecule has 0 amide bonds. The van der Waals surface area contributed by atoms with Crippen LogP contribution in [0.2, 0.25) is 0 Å². The van der Waals surface area contributed by atoms with E-state index in [0.717, 1.165) is 63.6 Å². The third kappa shape index (κ3) is 4.34. The molecule has 4 aliphatic rings. The summed E-state index contributed by atoms with van der Waals surface area (Å²) >= 11 is 0. The Morgan fingerprint density at radius 1 is 0.833 bits per heavy atom. The van der Waals surface area contributed by atoms with Crippen LogP contribution in [0.3, 0.4) is 0 Å². The summed E-state index contributed by atoms with van der Waals surface area (Å²) in [5, 5.41) is 6.91. The highest BCUT2D eigenvalue weighted by atomic mass is 31.2. The van der Waals surface area contributed by atoms with E-state index in [1.54, 1.807) is 0 Å². The van der Waals surface area contributed by atoms with Crippen LogP contribution in [-0.4, -0.2) is 54.7 Å². The van der Waals surface area contributed by atoms with Crippen LogP contribution in [0.5, 0.6) is 0 Å². The summed E-state index contributed by atoms with van der Waals surface area (Å²) in [6, 6.07) is 21.3.